The summed E-state index contributed by atoms with van der Waals surface area (Å²) in [5.74, 6) is 2.96. The first-order valence-electron chi connectivity index (χ1n) is 14.0. The fourth-order valence-corrected chi connectivity index (χ4v) is 6.13. The Kier molecular flexibility index (Phi) is 7.04. The van der Waals surface area contributed by atoms with Gasteiger partial charge in [0.15, 0.2) is 0 Å². The minimum atomic E-state index is 0.387. The highest BCUT2D eigenvalue weighted by molar-refractivity contribution is 6.00. The van der Waals surface area contributed by atoms with Crippen LogP contribution in [0.15, 0.2) is 67.1 Å². The van der Waals surface area contributed by atoms with E-state index in [1.54, 1.807) is 6.33 Å². The molecule has 2 saturated carbocycles. The maximum absolute atomic E-state index is 6.41. The van der Waals surface area contributed by atoms with Crippen molar-refractivity contribution in [2.24, 2.45) is 11.7 Å². The van der Waals surface area contributed by atoms with E-state index >= 15 is 0 Å². The molecule has 2 aromatic carbocycles. The summed E-state index contributed by atoms with van der Waals surface area (Å²) >= 11 is 0. The first kappa shape index (κ1) is 24.9. The summed E-state index contributed by atoms with van der Waals surface area (Å²) in [6.45, 7) is 1.66. The van der Waals surface area contributed by atoms with E-state index in [2.05, 4.69) is 38.2 Å². The Morgan fingerprint density at radius 3 is 2.39 bits per heavy atom. The molecule has 0 atom stereocenters. The van der Waals surface area contributed by atoms with E-state index in [0.29, 0.717) is 17.4 Å². The molecule has 2 aromatic heterocycles. The Morgan fingerprint density at radius 1 is 0.947 bits per heavy atom. The van der Waals surface area contributed by atoms with Gasteiger partial charge in [-0.3, -0.25) is 0 Å². The van der Waals surface area contributed by atoms with Crippen LogP contribution in [0.25, 0.3) is 22.2 Å². The molecule has 7 nitrogen and oxygen atoms in total. The van der Waals surface area contributed by atoms with Gasteiger partial charge in [0.1, 0.15) is 29.3 Å². The summed E-state index contributed by atoms with van der Waals surface area (Å²) in [6.07, 6.45) is 13.9. The van der Waals surface area contributed by atoms with E-state index in [1.165, 1.54) is 51.4 Å². The van der Waals surface area contributed by atoms with Crippen LogP contribution in [-0.4, -0.2) is 33.2 Å². The van der Waals surface area contributed by atoms with Gasteiger partial charge in [-0.1, -0.05) is 30.3 Å². The van der Waals surface area contributed by atoms with Crippen LogP contribution >= 0.6 is 0 Å². The number of aromatic nitrogens is 3. The number of rotatable bonds is 10. The SMILES string of the molecule is NCCNC1(CCC2CCC(n3cc(-c4ccc(Oc5ccccc5)cc4)c4c(N)ncnc43)CC2)CC1. The number of nitrogens with one attached hydrogen (secondary N) is 1. The number of ether oxygens (including phenoxy) is 1. The number of nitrogens with zero attached hydrogens (tertiary/aromatic N) is 3. The molecule has 2 aliphatic carbocycles. The third-order valence-corrected chi connectivity index (χ3v) is 8.52. The van der Waals surface area contributed by atoms with Gasteiger partial charge in [0.05, 0.1) is 5.39 Å². The van der Waals surface area contributed by atoms with Crippen LogP contribution in [0.5, 0.6) is 11.5 Å². The Morgan fingerprint density at radius 2 is 1.68 bits per heavy atom. The first-order chi connectivity index (χ1) is 18.6. The molecule has 6 rings (SSSR count). The number of hydrogen-bond donors (Lipinski definition) is 3. The van der Waals surface area contributed by atoms with Gasteiger partial charge in [-0.2, -0.15) is 0 Å². The number of para-hydroxylation sites is 1. The third-order valence-electron chi connectivity index (χ3n) is 8.52. The van der Waals surface area contributed by atoms with Crippen molar-refractivity contribution in [3.63, 3.8) is 0 Å². The van der Waals surface area contributed by atoms with Gasteiger partial charge in [-0.05, 0) is 87.1 Å². The van der Waals surface area contributed by atoms with E-state index in [-0.39, 0.29) is 0 Å². The van der Waals surface area contributed by atoms with Crippen LogP contribution < -0.4 is 21.5 Å². The van der Waals surface area contributed by atoms with Crippen molar-refractivity contribution in [1.29, 1.82) is 0 Å². The van der Waals surface area contributed by atoms with Crippen molar-refractivity contribution < 1.29 is 4.74 Å². The highest BCUT2D eigenvalue weighted by Gasteiger charge is 2.41. The number of nitrogen functional groups attached to an aromatic ring is 1. The molecule has 2 heterocycles. The molecule has 2 fully saturated rings. The lowest BCUT2D eigenvalue weighted by Gasteiger charge is -2.31. The van der Waals surface area contributed by atoms with Crippen molar-refractivity contribution in [2.75, 3.05) is 18.8 Å². The lowest BCUT2D eigenvalue weighted by Crippen LogP contribution is -2.35. The average molecular weight is 511 g/mol. The zero-order chi connectivity index (χ0) is 26.0. The zero-order valence-electron chi connectivity index (χ0n) is 22.0. The van der Waals surface area contributed by atoms with Crippen molar-refractivity contribution in [2.45, 2.75) is 62.9 Å². The molecular weight excluding hydrogens is 472 g/mol. The van der Waals surface area contributed by atoms with Gasteiger partial charge in [-0.25, -0.2) is 9.97 Å². The van der Waals surface area contributed by atoms with E-state index < -0.39 is 0 Å². The molecule has 0 radical (unpaired) electrons. The number of hydrogen-bond acceptors (Lipinski definition) is 6. The predicted octanol–water partition coefficient (Wildman–Crippen LogP) is 6.07. The normalized spacial score (nSPS) is 20.4. The number of fused-ring (bicyclic) bond motifs is 1. The fourth-order valence-electron chi connectivity index (χ4n) is 6.13. The van der Waals surface area contributed by atoms with Crippen LogP contribution in [0.4, 0.5) is 5.82 Å². The number of benzene rings is 2. The average Bonchev–Trinajstić information content (AvgIpc) is 3.63. The molecule has 0 saturated heterocycles. The summed E-state index contributed by atoms with van der Waals surface area (Å²) < 4.78 is 8.35. The van der Waals surface area contributed by atoms with Gasteiger partial charge >= 0.3 is 0 Å². The van der Waals surface area contributed by atoms with Crippen molar-refractivity contribution in [1.82, 2.24) is 19.9 Å². The van der Waals surface area contributed by atoms with Crippen LogP contribution in [0.2, 0.25) is 0 Å². The van der Waals surface area contributed by atoms with Crippen LogP contribution in [0.3, 0.4) is 0 Å². The molecule has 2 aliphatic rings. The monoisotopic (exact) mass is 510 g/mol. The van der Waals surface area contributed by atoms with Crippen molar-refractivity contribution in [3.8, 4) is 22.6 Å². The Labute approximate surface area is 224 Å². The molecule has 198 valence electrons. The Hall–Kier alpha value is -3.42. The van der Waals surface area contributed by atoms with Crippen LogP contribution in [0.1, 0.15) is 57.4 Å². The van der Waals surface area contributed by atoms with Crippen LogP contribution in [-0.2, 0) is 0 Å². The van der Waals surface area contributed by atoms with Crippen LogP contribution in [0, 0.1) is 5.92 Å². The summed E-state index contributed by atoms with van der Waals surface area (Å²) in [5.41, 5.74) is 15.6. The molecule has 0 bridgehead atoms. The second-order valence-corrected chi connectivity index (χ2v) is 11.1. The van der Waals surface area contributed by atoms with Gasteiger partial charge < -0.3 is 26.1 Å². The highest BCUT2D eigenvalue weighted by atomic mass is 16.5. The van der Waals surface area contributed by atoms with E-state index in [1.807, 2.05) is 42.5 Å². The molecule has 0 amide bonds. The van der Waals surface area contributed by atoms with Gasteiger partial charge in [0.25, 0.3) is 0 Å². The summed E-state index contributed by atoms with van der Waals surface area (Å²) in [7, 11) is 0. The molecule has 4 aromatic rings. The lowest BCUT2D eigenvalue weighted by atomic mass is 9.82. The molecule has 0 unspecified atom stereocenters. The lowest BCUT2D eigenvalue weighted by molar-refractivity contribution is 0.253. The summed E-state index contributed by atoms with van der Waals surface area (Å²) in [5, 5.41) is 4.63. The van der Waals surface area contributed by atoms with E-state index in [4.69, 9.17) is 16.2 Å². The minimum Gasteiger partial charge on any atom is -0.457 e. The maximum Gasteiger partial charge on any atom is 0.146 e. The summed E-state index contributed by atoms with van der Waals surface area (Å²) in [4.78, 5) is 9.02. The van der Waals surface area contributed by atoms with Crippen molar-refractivity contribution >= 4 is 16.9 Å². The molecular formula is C31H38N6O. The minimum absolute atomic E-state index is 0.387. The van der Waals surface area contributed by atoms with Gasteiger partial charge in [0, 0.05) is 36.4 Å². The topological polar surface area (TPSA) is 104 Å². The second-order valence-electron chi connectivity index (χ2n) is 11.1. The standard InChI is InChI=1S/C31H38N6O/c32-18-19-36-31(16-17-31)15-14-22-6-10-24(11-7-22)37-20-27(28-29(33)34-21-35-30(28)37)23-8-12-26(13-9-23)38-25-4-2-1-3-5-25/h1-5,8-9,12-13,20-22,24,36H,6-7,10-11,14-19,32H2,(H2,33,34,35). The zero-order valence-corrected chi connectivity index (χ0v) is 22.0. The first-order valence-corrected chi connectivity index (χ1v) is 14.0. The molecule has 0 aliphatic heterocycles. The molecule has 38 heavy (non-hydrogen) atoms. The van der Waals surface area contributed by atoms with E-state index in [0.717, 1.165) is 52.7 Å². The molecule has 7 heteroatoms. The Balaban J connectivity index is 1.17. The smallest absolute Gasteiger partial charge is 0.146 e. The fraction of sp³-hybridized carbons (Fsp3) is 0.419. The predicted molar refractivity (Wildman–Crippen MR) is 153 cm³/mol. The second kappa shape index (κ2) is 10.8. The Bertz CT molecular complexity index is 1350. The molecule has 5 N–H and O–H groups in total. The quantitative estimate of drug-likeness (QED) is 0.239. The number of nitrogens with two attached hydrogens (primary N) is 2. The van der Waals surface area contributed by atoms with Crippen molar-refractivity contribution in [3.05, 3.63) is 67.1 Å². The maximum atomic E-state index is 6.41. The highest BCUT2D eigenvalue weighted by Crippen LogP contribution is 2.44. The van der Waals surface area contributed by atoms with E-state index in [9.17, 15) is 0 Å². The largest absolute Gasteiger partial charge is 0.457 e. The molecule has 0 spiro atoms. The third kappa shape index (κ3) is 5.26. The van der Waals surface area contributed by atoms with Gasteiger partial charge in [0.2, 0.25) is 0 Å². The van der Waals surface area contributed by atoms with Gasteiger partial charge in [-0.15, -0.1) is 0 Å². The summed E-state index contributed by atoms with van der Waals surface area (Å²) in [6, 6.07) is 18.5. The number of anilines is 1.